The molecule has 0 bridgehead atoms. The van der Waals surface area contributed by atoms with Crippen LogP contribution in [0.1, 0.15) is 41.0 Å². The zero-order valence-corrected chi connectivity index (χ0v) is 9.72. The van der Waals surface area contributed by atoms with E-state index in [2.05, 4.69) is 45.6 Å². The van der Waals surface area contributed by atoms with E-state index in [-0.39, 0.29) is 0 Å². The van der Waals surface area contributed by atoms with E-state index in [0.717, 1.165) is 0 Å². The molecule has 0 aliphatic carbocycles. The second-order valence-corrected chi connectivity index (χ2v) is 5.33. The molecule has 0 aromatic rings. The van der Waals surface area contributed by atoms with Gasteiger partial charge in [0.05, 0.1) is 0 Å². The molecule has 0 radical (unpaired) electrons. The van der Waals surface area contributed by atoms with Gasteiger partial charge in [-0.25, -0.2) is 0 Å². The fourth-order valence-corrected chi connectivity index (χ4v) is 1.75. The molecule has 0 saturated carbocycles. The summed E-state index contributed by atoms with van der Waals surface area (Å²) in [5.41, 5.74) is 1.96. The van der Waals surface area contributed by atoms with Crippen molar-refractivity contribution in [3.05, 3.63) is 11.6 Å². The molecule has 0 aromatic heterocycles. The topological polar surface area (TPSA) is 3.24 Å². The normalized spacial score (nSPS) is 20.6. The third-order valence-corrected chi connectivity index (χ3v) is 2.87. The van der Waals surface area contributed by atoms with Crippen LogP contribution in [0.3, 0.4) is 0 Å². The van der Waals surface area contributed by atoms with Gasteiger partial charge in [0.2, 0.25) is 0 Å². The predicted molar refractivity (Wildman–Crippen MR) is 58.9 cm³/mol. The van der Waals surface area contributed by atoms with Gasteiger partial charge in [-0.3, -0.25) is 4.90 Å². The van der Waals surface area contributed by atoms with E-state index in [1.807, 2.05) is 0 Å². The van der Waals surface area contributed by atoms with Gasteiger partial charge in [0.25, 0.3) is 0 Å². The van der Waals surface area contributed by atoms with Crippen LogP contribution in [0.5, 0.6) is 0 Å². The summed E-state index contributed by atoms with van der Waals surface area (Å²) in [6, 6.07) is 0.686. The quantitative estimate of drug-likeness (QED) is 0.562. The molecule has 13 heavy (non-hydrogen) atoms. The van der Waals surface area contributed by atoms with Crippen LogP contribution in [0.25, 0.3) is 0 Å². The van der Waals surface area contributed by atoms with Gasteiger partial charge >= 0.3 is 0 Å². The highest BCUT2D eigenvalue weighted by molar-refractivity contribution is 5.15. The summed E-state index contributed by atoms with van der Waals surface area (Å²) in [5, 5.41) is 0. The predicted octanol–water partition coefficient (Wildman–Crippen LogP) is 3.07. The Morgan fingerprint density at radius 2 is 1.92 bits per heavy atom. The number of nitrogens with zero attached hydrogens (tertiary/aromatic N) is 1. The van der Waals surface area contributed by atoms with E-state index in [9.17, 15) is 0 Å². The highest BCUT2D eigenvalue weighted by Gasteiger charge is 2.23. The van der Waals surface area contributed by atoms with Crippen LogP contribution in [0.2, 0.25) is 0 Å². The molecule has 0 spiro atoms. The van der Waals surface area contributed by atoms with Gasteiger partial charge in [-0.1, -0.05) is 32.4 Å². The smallest absolute Gasteiger partial charge is 0.0200 e. The Balaban J connectivity index is 2.65. The molecule has 76 valence electrons. The van der Waals surface area contributed by atoms with Crippen molar-refractivity contribution < 1.29 is 0 Å². The van der Waals surface area contributed by atoms with E-state index < -0.39 is 0 Å². The van der Waals surface area contributed by atoms with Gasteiger partial charge in [0, 0.05) is 19.1 Å². The summed E-state index contributed by atoms with van der Waals surface area (Å²) in [4.78, 5) is 2.56. The van der Waals surface area contributed by atoms with Gasteiger partial charge in [0.15, 0.2) is 0 Å². The minimum atomic E-state index is 0.355. The summed E-state index contributed by atoms with van der Waals surface area (Å²) < 4.78 is 0. The average molecular weight is 181 g/mol. The van der Waals surface area contributed by atoms with Gasteiger partial charge in [0.1, 0.15) is 0 Å². The molecule has 0 unspecified atom stereocenters. The van der Waals surface area contributed by atoms with E-state index in [0.29, 0.717) is 11.5 Å². The van der Waals surface area contributed by atoms with Crippen molar-refractivity contribution in [2.45, 2.75) is 47.1 Å². The van der Waals surface area contributed by atoms with Crippen LogP contribution in [-0.4, -0.2) is 24.0 Å². The molecule has 0 amide bonds. The lowest BCUT2D eigenvalue weighted by Gasteiger charge is -2.35. The van der Waals surface area contributed by atoms with Crippen molar-refractivity contribution in [1.82, 2.24) is 4.90 Å². The minimum Gasteiger partial charge on any atom is -0.297 e. The lowest BCUT2D eigenvalue weighted by Crippen LogP contribution is -2.38. The molecular formula is C12H23N. The van der Waals surface area contributed by atoms with E-state index in [1.54, 1.807) is 5.57 Å². The third kappa shape index (κ3) is 2.84. The minimum absolute atomic E-state index is 0.355. The maximum atomic E-state index is 2.56. The molecule has 0 atom stereocenters. The Hall–Kier alpha value is -0.300. The summed E-state index contributed by atoms with van der Waals surface area (Å²) in [7, 11) is 0. The molecule has 0 fully saturated rings. The number of hydrogen-bond acceptors (Lipinski definition) is 1. The van der Waals surface area contributed by atoms with Gasteiger partial charge in [-0.2, -0.15) is 0 Å². The lowest BCUT2D eigenvalue weighted by atomic mass is 9.84. The van der Waals surface area contributed by atoms with Crippen molar-refractivity contribution >= 4 is 0 Å². The molecule has 1 rings (SSSR count). The fraction of sp³-hybridized carbons (Fsp3) is 0.833. The molecule has 0 aromatic carbocycles. The second-order valence-electron chi connectivity index (χ2n) is 5.33. The van der Waals surface area contributed by atoms with Crippen molar-refractivity contribution in [2.24, 2.45) is 5.41 Å². The van der Waals surface area contributed by atoms with Crippen LogP contribution < -0.4 is 0 Å². The van der Waals surface area contributed by atoms with E-state index >= 15 is 0 Å². The van der Waals surface area contributed by atoms with Crippen molar-refractivity contribution in [3.8, 4) is 0 Å². The Morgan fingerprint density at radius 1 is 1.31 bits per heavy atom. The molecular weight excluding hydrogens is 158 g/mol. The monoisotopic (exact) mass is 181 g/mol. The SMILES string of the molecule is CC(C)N1CCC=C(C(C)(C)C)C1. The summed E-state index contributed by atoms with van der Waals surface area (Å²) >= 11 is 0. The summed E-state index contributed by atoms with van der Waals surface area (Å²) in [5.74, 6) is 0. The maximum Gasteiger partial charge on any atom is 0.0200 e. The highest BCUT2D eigenvalue weighted by Crippen LogP contribution is 2.29. The zero-order chi connectivity index (χ0) is 10.1. The van der Waals surface area contributed by atoms with Crippen LogP contribution >= 0.6 is 0 Å². The zero-order valence-electron chi connectivity index (χ0n) is 9.72. The highest BCUT2D eigenvalue weighted by atomic mass is 15.1. The van der Waals surface area contributed by atoms with Crippen molar-refractivity contribution in [3.63, 3.8) is 0 Å². The first-order valence-corrected chi connectivity index (χ1v) is 5.35. The van der Waals surface area contributed by atoms with Gasteiger partial charge in [-0.15, -0.1) is 0 Å². The summed E-state index contributed by atoms with van der Waals surface area (Å²) in [6.45, 7) is 13.9. The Labute approximate surface area is 82.8 Å². The van der Waals surface area contributed by atoms with Crippen LogP contribution in [-0.2, 0) is 0 Å². The number of rotatable bonds is 1. The van der Waals surface area contributed by atoms with E-state index in [4.69, 9.17) is 0 Å². The lowest BCUT2D eigenvalue weighted by molar-refractivity contribution is 0.219. The first-order chi connectivity index (χ1) is 5.91. The molecule has 0 saturated heterocycles. The first-order valence-electron chi connectivity index (χ1n) is 5.35. The molecule has 0 N–H and O–H groups in total. The fourth-order valence-electron chi connectivity index (χ4n) is 1.75. The Morgan fingerprint density at radius 3 is 2.38 bits per heavy atom. The average Bonchev–Trinajstić information content (AvgIpc) is 2.03. The Bertz CT molecular complexity index is 196. The Kier molecular flexibility index (Phi) is 3.18. The third-order valence-electron chi connectivity index (χ3n) is 2.87. The molecule has 1 aliphatic heterocycles. The maximum absolute atomic E-state index is 2.56. The molecule has 1 aliphatic rings. The first kappa shape index (κ1) is 10.8. The largest absolute Gasteiger partial charge is 0.297 e. The molecule has 1 nitrogen and oxygen atoms in total. The van der Waals surface area contributed by atoms with Crippen molar-refractivity contribution in [2.75, 3.05) is 13.1 Å². The van der Waals surface area contributed by atoms with Gasteiger partial charge < -0.3 is 0 Å². The number of hydrogen-bond donors (Lipinski definition) is 0. The van der Waals surface area contributed by atoms with Crippen LogP contribution in [0, 0.1) is 5.41 Å². The van der Waals surface area contributed by atoms with Crippen LogP contribution in [0.4, 0.5) is 0 Å². The van der Waals surface area contributed by atoms with Crippen LogP contribution in [0.15, 0.2) is 11.6 Å². The van der Waals surface area contributed by atoms with Crippen molar-refractivity contribution in [1.29, 1.82) is 0 Å². The van der Waals surface area contributed by atoms with E-state index in [1.165, 1.54) is 19.5 Å². The summed E-state index contributed by atoms with van der Waals surface area (Å²) in [6.07, 6.45) is 3.66. The standard InChI is InChI=1S/C12H23N/c1-10(2)13-8-6-7-11(9-13)12(3,4)5/h7,10H,6,8-9H2,1-5H3. The molecule has 1 heterocycles. The second kappa shape index (κ2) is 3.83. The van der Waals surface area contributed by atoms with Gasteiger partial charge in [-0.05, 0) is 25.7 Å². The molecule has 1 heteroatoms.